The van der Waals surface area contributed by atoms with E-state index < -0.39 is 5.82 Å². The SMILES string of the molecule is N#Cc1cc(CNC2CN3CCC2CC3)ccc1F. The van der Waals surface area contributed by atoms with Gasteiger partial charge in [-0.3, -0.25) is 0 Å². The molecule has 1 aromatic rings. The summed E-state index contributed by atoms with van der Waals surface area (Å²) >= 11 is 0. The third kappa shape index (κ3) is 2.63. The number of hydrogen-bond donors (Lipinski definition) is 1. The zero-order chi connectivity index (χ0) is 13.2. The second-order valence-corrected chi connectivity index (χ2v) is 5.55. The fourth-order valence-corrected chi connectivity index (χ4v) is 3.21. The van der Waals surface area contributed by atoms with Gasteiger partial charge in [0.1, 0.15) is 11.9 Å². The lowest BCUT2D eigenvalue weighted by atomic mass is 9.84. The first-order valence-electron chi connectivity index (χ1n) is 6.90. The maximum absolute atomic E-state index is 13.2. The maximum Gasteiger partial charge on any atom is 0.140 e. The first-order valence-corrected chi connectivity index (χ1v) is 6.90. The van der Waals surface area contributed by atoms with Crippen LogP contribution in [0.5, 0.6) is 0 Å². The molecule has 1 unspecified atom stereocenters. The van der Waals surface area contributed by atoms with Gasteiger partial charge in [-0.05, 0) is 49.5 Å². The minimum absolute atomic E-state index is 0.133. The lowest BCUT2D eigenvalue weighted by Gasteiger charge is -2.45. The van der Waals surface area contributed by atoms with Crippen LogP contribution in [0.1, 0.15) is 24.0 Å². The normalized spacial score (nSPS) is 29.2. The molecule has 4 rings (SSSR count). The minimum atomic E-state index is -0.436. The number of halogens is 1. The van der Waals surface area contributed by atoms with Crippen molar-refractivity contribution < 1.29 is 4.39 Å². The summed E-state index contributed by atoms with van der Waals surface area (Å²) in [4.78, 5) is 2.50. The molecule has 1 atom stereocenters. The molecule has 19 heavy (non-hydrogen) atoms. The third-order valence-corrected chi connectivity index (χ3v) is 4.38. The zero-order valence-corrected chi connectivity index (χ0v) is 10.9. The molecule has 100 valence electrons. The Morgan fingerprint density at radius 1 is 1.37 bits per heavy atom. The van der Waals surface area contributed by atoms with Gasteiger partial charge < -0.3 is 10.2 Å². The van der Waals surface area contributed by atoms with Gasteiger partial charge in [0.2, 0.25) is 0 Å². The summed E-state index contributed by atoms with van der Waals surface area (Å²) < 4.78 is 13.2. The van der Waals surface area contributed by atoms with Gasteiger partial charge in [0.05, 0.1) is 5.56 Å². The Morgan fingerprint density at radius 3 is 2.79 bits per heavy atom. The Hall–Kier alpha value is -1.44. The highest BCUT2D eigenvalue weighted by molar-refractivity contribution is 5.34. The van der Waals surface area contributed by atoms with Crippen molar-refractivity contribution in [3.63, 3.8) is 0 Å². The van der Waals surface area contributed by atoms with Gasteiger partial charge in [-0.2, -0.15) is 5.26 Å². The summed E-state index contributed by atoms with van der Waals surface area (Å²) in [5.74, 6) is 0.343. The van der Waals surface area contributed by atoms with Gasteiger partial charge in [-0.25, -0.2) is 4.39 Å². The average Bonchev–Trinajstić information content (AvgIpc) is 2.47. The van der Waals surface area contributed by atoms with Crippen LogP contribution in [0.25, 0.3) is 0 Å². The maximum atomic E-state index is 13.2. The number of nitriles is 1. The number of benzene rings is 1. The van der Waals surface area contributed by atoms with Crippen LogP contribution in [-0.4, -0.2) is 30.6 Å². The Balaban J connectivity index is 1.62. The molecule has 4 heteroatoms. The van der Waals surface area contributed by atoms with E-state index in [-0.39, 0.29) is 5.56 Å². The molecule has 0 spiro atoms. The number of nitrogens with one attached hydrogen (secondary N) is 1. The first kappa shape index (κ1) is 12.6. The molecule has 0 radical (unpaired) electrons. The third-order valence-electron chi connectivity index (χ3n) is 4.38. The number of nitrogens with zero attached hydrogens (tertiary/aromatic N) is 2. The average molecular weight is 259 g/mol. The molecule has 0 amide bonds. The summed E-state index contributed by atoms with van der Waals surface area (Å²) in [7, 11) is 0. The van der Waals surface area contributed by atoms with Gasteiger partial charge in [0, 0.05) is 19.1 Å². The van der Waals surface area contributed by atoms with Crippen LogP contribution in [0, 0.1) is 23.1 Å². The van der Waals surface area contributed by atoms with Crippen LogP contribution in [0.3, 0.4) is 0 Å². The molecule has 0 saturated carbocycles. The topological polar surface area (TPSA) is 39.1 Å². The van der Waals surface area contributed by atoms with Crippen LogP contribution in [0.15, 0.2) is 18.2 Å². The van der Waals surface area contributed by atoms with Gasteiger partial charge in [-0.1, -0.05) is 6.07 Å². The fraction of sp³-hybridized carbons (Fsp3) is 0.533. The van der Waals surface area contributed by atoms with E-state index >= 15 is 0 Å². The van der Waals surface area contributed by atoms with Gasteiger partial charge >= 0.3 is 0 Å². The van der Waals surface area contributed by atoms with Crippen LogP contribution in [0.4, 0.5) is 4.39 Å². The molecule has 3 saturated heterocycles. The van der Waals surface area contributed by atoms with Crippen molar-refractivity contribution in [1.82, 2.24) is 10.2 Å². The molecular weight excluding hydrogens is 241 g/mol. The van der Waals surface area contributed by atoms with E-state index in [4.69, 9.17) is 5.26 Å². The first-order chi connectivity index (χ1) is 9.26. The van der Waals surface area contributed by atoms with Crippen molar-refractivity contribution in [2.24, 2.45) is 5.92 Å². The quantitative estimate of drug-likeness (QED) is 0.901. The summed E-state index contributed by atoms with van der Waals surface area (Å²) in [6, 6.07) is 7.21. The molecule has 3 heterocycles. The van der Waals surface area contributed by atoms with Gasteiger partial charge in [0.25, 0.3) is 0 Å². The van der Waals surface area contributed by atoms with Crippen molar-refractivity contribution in [3.05, 3.63) is 35.1 Å². The van der Waals surface area contributed by atoms with Gasteiger partial charge in [0.15, 0.2) is 0 Å². The van der Waals surface area contributed by atoms with Crippen molar-refractivity contribution in [2.45, 2.75) is 25.4 Å². The Kier molecular flexibility index (Phi) is 3.50. The highest BCUT2D eigenvalue weighted by Gasteiger charge is 2.33. The highest BCUT2D eigenvalue weighted by atomic mass is 19.1. The largest absolute Gasteiger partial charge is 0.308 e. The Labute approximate surface area is 113 Å². The Morgan fingerprint density at radius 2 is 2.16 bits per heavy atom. The number of rotatable bonds is 3. The van der Waals surface area contributed by atoms with Crippen LogP contribution < -0.4 is 5.32 Å². The lowest BCUT2D eigenvalue weighted by molar-refractivity contribution is 0.0720. The molecule has 3 fully saturated rings. The monoisotopic (exact) mass is 259 g/mol. The predicted molar refractivity (Wildman–Crippen MR) is 70.9 cm³/mol. The van der Waals surface area contributed by atoms with E-state index in [1.54, 1.807) is 12.1 Å². The summed E-state index contributed by atoms with van der Waals surface area (Å²) in [5.41, 5.74) is 1.11. The molecular formula is C15H18FN3. The summed E-state index contributed by atoms with van der Waals surface area (Å²) in [6.07, 6.45) is 2.56. The molecule has 3 nitrogen and oxygen atoms in total. The molecule has 3 aliphatic rings. The molecule has 1 aromatic carbocycles. The lowest BCUT2D eigenvalue weighted by Crippen LogP contribution is -2.55. The van der Waals surface area contributed by atoms with Gasteiger partial charge in [-0.15, -0.1) is 0 Å². The second kappa shape index (κ2) is 5.28. The minimum Gasteiger partial charge on any atom is -0.308 e. The van der Waals surface area contributed by atoms with Crippen LogP contribution in [-0.2, 0) is 6.54 Å². The van der Waals surface area contributed by atoms with Crippen LogP contribution in [0.2, 0.25) is 0 Å². The molecule has 0 aromatic heterocycles. The van der Waals surface area contributed by atoms with Crippen molar-refractivity contribution in [3.8, 4) is 6.07 Å². The van der Waals surface area contributed by atoms with E-state index in [9.17, 15) is 4.39 Å². The standard InChI is InChI=1S/C15H18FN3/c16-14-2-1-11(7-13(14)8-17)9-18-15-10-19-5-3-12(15)4-6-19/h1-2,7,12,15,18H,3-6,9-10H2. The smallest absolute Gasteiger partial charge is 0.140 e. The van der Waals surface area contributed by atoms with Crippen molar-refractivity contribution in [2.75, 3.05) is 19.6 Å². The molecule has 3 aliphatic heterocycles. The highest BCUT2D eigenvalue weighted by Crippen LogP contribution is 2.27. The molecule has 1 N–H and O–H groups in total. The van der Waals surface area contributed by atoms with E-state index in [2.05, 4.69) is 10.2 Å². The zero-order valence-electron chi connectivity index (χ0n) is 10.9. The van der Waals surface area contributed by atoms with E-state index in [1.807, 2.05) is 6.07 Å². The number of hydrogen-bond acceptors (Lipinski definition) is 3. The molecule has 0 aliphatic carbocycles. The van der Waals surface area contributed by atoms with Crippen molar-refractivity contribution in [1.29, 1.82) is 5.26 Å². The number of fused-ring (bicyclic) bond motifs is 3. The molecule has 2 bridgehead atoms. The van der Waals surface area contributed by atoms with E-state index in [0.29, 0.717) is 12.6 Å². The predicted octanol–water partition coefficient (Wildman–Crippen LogP) is 1.88. The summed E-state index contributed by atoms with van der Waals surface area (Å²) in [5, 5.41) is 12.4. The Bertz CT molecular complexity index is 501. The van der Waals surface area contributed by atoms with Crippen LogP contribution >= 0.6 is 0 Å². The van der Waals surface area contributed by atoms with E-state index in [0.717, 1.165) is 18.0 Å². The second-order valence-electron chi connectivity index (χ2n) is 5.55. The van der Waals surface area contributed by atoms with Crippen molar-refractivity contribution >= 4 is 0 Å². The fourth-order valence-electron chi connectivity index (χ4n) is 3.21. The number of piperidine rings is 3. The van der Waals surface area contributed by atoms with E-state index in [1.165, 1.54) is 32.0 Å². The summed E-state index contributed by atoms with van der Waals surface area (Å²) in [6.45, 7) is 4.30.